The van der Waals surface area contributed by atoms with Gasteiger partial charge in [0, 0.05) is 44.3 Å². The number of carbonyl (C=O) groups excluding carboxylic acids is 2. The SMILES string of the molecule is COc1cccc(CN2CCN(C(=O)Nc3ccc(Cl)c(Cl)c3)CC2CC(N)=O)c1. The smallest absolute Gasteiger partial charge is 0.321 e. The third kappa shape index (κ3) is 5.78. The molecule has 1 saturated heterocycles. The van der Waals surface area contributed by atoms with Gasteiger partial charge in [0.2, 0.25) is 5.91 Å². The summed E-state index contributed by atoms with van der Waals surface area (Å²) in [6, 6.07) is 12.3. The molecule has 7 nitrogen and oxygen atoms in total. The second-order valence-corrected chi connectivity index (χ2v) is 7.97. The molecular weight excluding hydrogens is 427 g/mol. The molecule has 2 aromatic carbocycles. The molecule has 1 heterocycles. The Morgan fingerprint density at radius 2 is 1.97 bits per heavy atom. The van der Waals surface area contributed by atoms with Gasteiger partial charge < -0.3 is 20.7 Å². The van der Waals surface area contributed by atoms with Gasteiger partial charge in [-0.3, -0.25) is 9.69 Å². The second kappa shape index (κ2) is 10.0. The van der Waals surface area contributed by atoms with Crippen LogP contribution < -0.4 is 15.8 Å². The lowest BCUT2D eigenvalue weighted by atomic mass is 10.1. The molecule has 30 heavy (non-hydrogen) atoms. The minimum Gasteiger partial charge on any atom is -0.497 e. The number of anilines is 1. The van der Waals surface area contributed by atoms with E-state index in [4.69, 9.17) is 33.7 Å². The summed E-state index contributed by atoms with van der Waals surface area (Å²) in [5.74, 6) is 0.376. The number of benzene rings is 2. The topological polar surface area (TPSA) is 87.9 Å². The Balaban J connectivity index is 1.67. The van der Waals surface area contributed by atoms with Crippen LogP contribution in [-0.4, -0.2) is 54.5 Å². The third-order valence-corrected chi connectivity index (χ3v) is 5.76. The van der Waals surface area contributed by atoms with Gasteiger partial charge in [-0.15, -0.1) is 0 Å². The number of nitrogens with zero attached hydrogens (tertiary/aromatic N) is 2. The summed E-state index contributed by atoms with van der Waals surface area (Å²) in [5.41, 5.74) is 7.09. The number of nitrogens with two attached hydrogens (primary N) is 1. The molecule has 0 bridgehead atoms. The van der Waals surface area contributed by atoms with Crippen molar-refractivity contribution in [3.63, 3.8) is 0 Å². The van der Waals surface area contributed by atoms with E-state index in [1.165, 1.54) is 0 Å². The Morgan fingerprint density at radius 3 is 2.67 bits per heavy atom. The molecule has 0 saturated carbocycles. The fraction of sp³-hybridized carbons (Fsp3) is 0.333. The normalized spacial score (nSPS) is 16.9. The lowest BCUT2D eigenvalue weighted by molar-refractivity contribution is -0.119. The Kier molecular flexibility index (Phi) is 7.42. The number of ether oxygens (including phenoxy) is 1. The lowest BCUT2D eigenvalue weighted by Crippen LogP contribution is -2.56. The van der Waals surface area contributed by atoms with E-state index in [0.717, 1.165) is 11.3 Å². The number of amides is 3. The number of halogens is 2. The van der Waals surface area contributed by atoms with Gasteiger partial charge in [0.25, 0.3) is 0 Å². The van der Waals surface area contributed by atoms with Crippen LogP contribution in [0.15, 0.2) is 42.5 Å². The Bertz CT molecular complexity index is 925. The molecule has 0 aliphatic carbocycles. The third-order valence-electron chi connectivity index (χ3n) is 5.02. The minimum atomic E-state index is -0.401. The van der Waals surface area contributed by atoms with Crippen LogP contribution in [0.25, 0.3) is 0 Å². The van der Waals surface area contributed by atoms with E-state index in [0.29, 0.717) is 41.9 Å². The molecular formula is C21H24Cl2N4O3. The molecule has 3 rings (SSSR count). The number of hydrogen-bond donors (Lipinski definition) is 2. The van der Waals surface area contributed by atoms with Crippen molar-refractivity contribution in [2.75, 3.05) is 32.1 Å². The summed E-state index contributed by atoms with van der Waals surface area (Å²) in [5, 5.41) is 3.61. The van der Waals surface area contributed by atoms with E-state index in [2.05, 4.69) is 10.2 Å². The van der Waals surface area contributed by atoms with Crippen molar-refractivity contribution in [1.29, 1.82) is 0 Å². The molecule has 160 valence electrons. The van der Waals surface area contributed by atoms with Gasteiger partial charge in [0.15, 0.2) is 0 Å². The first-order valence-corrected chi connectivity index (χ1v) is 10.3. The Hall–Kier alpha value is -2.48. The highest BCUT2D eigenvalue weighted by atomic mass is 35.5. The average Bonchev–Trinajstić information content (AvgIpc) is 2.71. The molecule has 0 spiro atoms. The number of methoxy groups -OCH3 is 1. The maximum Gasteiger partial charge on any atom is 0.321 e. The van der Waals surface area contributed by atoms with E-state index in [1.807, 2.05) is 24.3 Å². The maximum absolute atomic E-state index is 12.7. The first kappa shape index (κ1) is 22.2. The molecule has 1 fully saturated rings. The van der Waals surface area contributed by atoms with Gasteiger partial charge in [-0.1, -0.05) is 35.3 Å². The van der Waals surface area contributed by atoms with Crippen LogP contribution in [0.1, 0.15) is 12.0 Å². The molecule has 1 atom stereocenters. The van der Waals surface area contributed by atoms with E-state index < -0.39 is 5.91 Å². The van der Waals surface area contributed by atoms with Gasteiger partial charge in [0.1, 0.15) is 5.75 Å². The molecule has 3 amide bonds. The summed E-state index contributed by atoms with van der Waals surface area (Å²) in [6.45, 7) is 2.16. The highest BCUT2D eigenvalue weighted by Crippen LogP contribution is 2.26. The fourth-order valence-electron chi connectivity index (χ4n) is 3.49. The number of nitrogens with one attached hydrogen (secondary N) is 1. The first-order chi connectivity index (χ1) is 14.4. The summed E-state index contributed by atoms with van der Waals surface area (Å²) >= 11 is 11.9. The summed E-state index contributed by atoms with van der Waals surface area (Å²) in [4.78, 5) is 28.2. The quantitative estimate of drug-likeness (QED) is 0.703. The number of hydrogen-bond acceptors (Lipinski definition) is 4. The Labute approximate surface area is 185 Å². The molecule has 1 unspecified atom stereocenters. The van der Waals surface area contributed by atoms with Crippen molar-refractivity contribution >= 4 is 40.8 Å². The molecule has 3 N–H and O–H groups in total. The van der Waals surface area contributed by atoms with Crippen LogP contribution in [0.3, 0.4) is 0 Å². The van der Waals surface area contributed by atoms with Crippen molar-refractivity contribution in [2.45, 2.75) is 19.0 Å². The molecule has 0 radical (unpaired) electrons. The van der Waals surface area contributed by atoms with Gasteiger partial charge in [-0.05, 0) is 35.9 Å². The summed E-state index contributed by atoms with van der Waals surface area (Å²) in [6.07, 6.45) is 0.167. The largest absolute Gasteiger partial charge is 0.497 e. The molecule has 9 heteroatoms. The zero-order valence-electron chi connectivity index (χ0n) is 16.6. The van der Waals surface area contributed by atoms with E-state index in [9.17, 15) is 9.59 Å². The monoisotopic (exact) mass is 450 g/mol. The predicted octanol–water partition coefficient (Wildman–Crippen LogP) is 3.60. The van der Waals surface area contributed by atoms with Gasteiger partial charge >= 0.3 is 6.03 Å². The number of carbonyl (C=O) groups is 2. The molecule has 0 aromatic heterocycles. The fourth-order valence-corrected chi connectivity index (χ4v) is 3.79. The molecule has 1 aliphatic rings. The van der Waals surface area contributed by atoms with Gasteiger partial charge in [-0.25, -0.2) is 4.79 Å². The highest BCUT2D eigenvalue weighted by Gasteiger charge is 2.30. The number of piperazine rings is 1. The summed E-state index contributed by atoms with van der Waals surface area (Å²) < 4.78 is 5.28. The number of rotatable bonds is 6. The number of urea groups is 1. The van der Waals surface area contributed by atoms with E-state index >= 15 is 0 Å². The average molecular weight is 451 g/mol. The molecule has 2 aromatic rings. The maximum atomic E-state index is 12.7. The van der Waals surface area contributed by atoms with Gasteiger partial charge in [0.05, 0.1) is 17.2 Å². The van der Waals surface area contributed by atoms with Crippen molar-refractivity contribution in [3.8, 4) is 5.75 Å². The van der Waals surface area contributed by atoms with Crippen LogP contribution in [0.5, 0.6) is 5.75 Å². The van der Waals surface area contributed by atoms with Crippen LogP contribution in [-0.2, 0) is 11.3 Å². The first-order valence-electron chi connectivity index (χ1n) is 9.52. The van der Waals surface area contributed by atoms with E-state index in [-0.39, 0.29) is 18.5 Å². The lowest BCUT2D eigenvalue weighted by Gasteiger charge is -2.41. The zero-order chi connectivity index (χ0) is 21.7. The summed E-state index contributed by atoms with van der Waals surface area (Å²) in [7, 11) is 1.63. The highest BCUT2D eigenvalue weighted by molar-refractivity contribution is 6.42. The van der Waals surface area contributed by atoms with Crippen molar-refractivity contribution in [1.82, 2.24) is 9.80 Å². The predicted molar refractivity (Wildman–Crippen MR) is 118 cm³/mol. The van der Waals surface area contributed by atoms with Crippen molar-refractivity contribution < 1.29 is 14.3 Å². The number of primary amides is 1. The standard InChI is InChI=1S/C21H24Cl2N4O3/c1-30-17-4-2-3-14(9-17)12-26-7-8-27(13-16(26)11-20(24)28)21(29)25-15-5-6-18(22)19(23)10-15/h2-6,9-10,16H,7-8,11-13H2,1H3,(H2,24,28)(H,25,29). The van der Waals surface area contributed by atoms with Gasteiger partial charge in [-0.2, -0.15) is 0 Å². The van der Waals surface area contributed by atoms with E-state index in [1.54, 1.807) is 30.2 Å². The minimum absolute atomic E-state index is 0.167. The molecule has 1 aliphatic heterocycles. The zero-order valence-corrected chi connectivity index (χ0v) is 18.1. The van der Waals surface area contributed by atoms with Crippen LogP contribution in [0.2, 0.25) is 10.0 Å². The van der Waals surface area contributed by atoms with Crippen molar-refractivity contribution in [2.24, 2.45) is 5.73 Å². The second-order valence-electron chi connectivity index (χ2n) is 7.15. The Morgan fingerprint density at radius 1 is 1.17 bits per heavy atom. The van der Waals surface area contributed by atoms with Crippen LogP contribution in [0.4, 0.5) is 10.5 Å². The van der Waals surface area contributed by atoms with Crippen LogP contribution in [0, 0.1) is 0 Å². The van der Waals surface area contributed by atoms with Crippen LogP contribution >= 0.6 is 23.2 Å². The van der Waals surface area contributed by atoms with Crippen molar-refractivity contribution in [3.05, 3.63) is 58.1 Å².